The number of hydrogen-bond acceptors (Lipinski definition) is 1. The fourth-order valence-corrected chi connectivity index (χ4v) is 1.24. The molecule has 64 valence electrons. The van der Waals surface area contributed by atoms with E-state index in [4.69, 9.17) is 0 Å². The molecule has 1 aliphatic rings. The summed E-state index contributed by atoms with van der Waals surface area (Å²) in [5.41, 5.74) is 2.03. The Hall–Kier alpha value is -1.63. The normalized spacial score (nSPS) is 14.6. The fourth-order valence-electron chi connectivity index (χ4n) is 1.24. The second-order valence-electron chi connectivity index (χ2n) is 2.91. The lowest BCUT2D eigenvalue weighted by Crippen LogP contribution is -1.89. The fraction of sp³-hybridized carbons (Fsp3) is 0.0833. The molecule has 2 rings (SSSR count). The third-order valence-electron chi connectivity index (χ3n) is 1.86. The summed E-state index contributed by atoms with van der Waals surface area (Å²) in [5.74, 6) is 0. The van der Waals surface area contributed by atoms with Crippen LogP contribution in [0.5, 0.6) is 0 Å². The van der Waals surface area contributed by atoms with E-state index >= 15 is 0 Å². The second-order valence-corrected chi connectivity index (χ2v) is 2.91. The van der Waals surface area contributed by atoms with Crippen molar-refractivity contribution in [2.45, 2.75) is 6.42 Å². The molecule has 0 bridgehead atoms. The van der Waals surface area contributed by atoms with E-state index in [1.54, 1.807) is 0 Å². The van der Waals surface area contributed by atoms with E-state index in [0.717, 1.165) is 17.8 Å². The lowest BCUT2D eigenvalue weighted by Gasteiger charge is -1.98. The largest absolute Gasteiger partial charge is 0.249 e. The van der Waals surface area contributed by atoms with E-state index in [9.17, 15) is 0 Å². The summed E-state index contributed by atoms with van der Waals surface area (Å²) in [5, 5.41) is 0. The van der Waals surface area contributed by atoms with Gasteiger partial charge in [-0.1, -0.05) is 30.4 Å². The molecular weight excluding hydrogens is 158 g/mol. The molecule has 0 radical (unpaired) electrons. The molecule has 0 spiro atoms. The minimum absolute atomic E-state index is 1.01. The SMILES string of the molecule is C1=CC(=Nc2ccccc2)C=CC1. The van der Waals surface area contributed by atoms with Crippen LogP contribution in [-0.2, 0) is 0 Å². The summed E-state index contributed by atoms with van der Waals surface area (Å²) in [4.78, 5) is 4.46. The van der Waals surface area contributed by atoms with E-state index in [0.29, 0.717) is 0 Å². The number of para-hydroxylation sites is 1. The smallest absolute Gasteiger partial charge is 0.0636 e. The van der Waals surface area contributed by atoms with Gasteiger partial charge in [-0.2, -0.15) is 0 Å². The lowest BCUT2D eigenvalue weighted by atomic mass is 10.2. The van der Waals surface area contributed by atoms with Gasteiger partial charge in [-0.05, 0) is 30.7 Å². The maximum Gasteiger partial charge on any atom is 0.0636 e. The van der Waals surface area contributed by atoms with Gasteiger partial charge in [-0.3, -0.25) is 0 Å². The Morgan fingerprint density at radius 3 is 2.31 bits per heavy atom. The summed E-state index contributed by atoms with van der Waals surface area (Å²) in [6.07, 6.45) is 9.34. The summed E-state index contributed by atoms with van der Waals surface area (Å²) in [7, 11) is 0. The summed E-state index contributed by atoms with van der Waals surface area (Å²) < 4.78 is 0. The van der Waals surface area contributed by atoms with Gasteiger partial charge in [-0.15, -0.1) is 0 Å². The summed E-state index contributed by atoms with van der Waals surface area (Å²) in [6.45, 7) is 0. The number of benzene rings is 1. The van der Waals surface area contributed by atoms with Gasteiger partial charge in [0.15, 0.2) is 0 Å². The average Bonchev–Trinajstić information content (AvgIpc) is 2.21. The Kier molecular flexibility index (Phi) is 2.37. The van der Waals surface area contributed by atoms with Crippen molar-refractivity contribution in [3.63, 3.8) is 0 Å². The van der Waals surface area contributed by atoms with E-state index in [1.165, 1.54) is 0 Å². The van der Waals surface area contributed by atoms with Crippen LogP contribution in [0.1, 0.15) is 6.42 Å². The monoisotopic (exact) mass is 169 g/mol. The topological polar surface area (TPSA) is 12.4 Å². The number of nitrogens with zero attached hydrogens (tertiary/aromatic N) is 1. The predicted octanol–water partition coefficient (Wildman–Crippen LogP) is 3.28. The first-order valence-electron chi connectivity index (χ1n) is 4.42. The number of rotatable bonds is 1. The zero-order valence-corrected chi connectivity index (χ0v) is 7.35. The molecule has 1 nitrogen and oxygen atoms in total. The van der Waals surface area contributed by atoms with Gasteiger partial charge in [0, 0.05) is 0 Å². The molecule has 0 fully saturated rings. The van der Waals surface area contributed by atoms with Gasteiger partial charge in [0.2, 0.25) is 0 Å². The van der Waals surface area contributed by atoms with Crippen molar-refractivity contribution in [3.8, 4) is 0 Å². The van der Waals surface area contributed by atoms with Crippen molar-refractivity contribution in [2.24, 2.45) is 4.99 Å². The van der Waals surface area contributed by atoms with Crippen molar-refractivity contribution in [1.82, 2.24) is 0 Å². The molecule has 1 aromatic carbocycles. The molecule has 1 aromatic rings. The molecule has 0 heterocycles. The third kappa shape index (κ3) is 2.15. The van der Waals surface area contributed by atoms with Crippen LogP contribution < -0.4 is 0 Å². The highest BCUT2D eigenvalue weighted by atomic mass is 14.7. The van der Waals surface area contributed by atoms with Gasteiger partial charge in [-0.25, -0.2) is 4.99 Å². The van der Waals surface area contributed by atoms with Crippen LogP contribution in [-0.4, -0.2) is 5.71 Å². The van der Waals surface area contributed by atoms with Crippen LogP contribution in [0.4, 0.5) is 5.69 Å². The molecule has 0 saturated heterocycles. The van der Waals surface area contributed by atoms with Crippen LogP contribution in [0.15, 0.2) is 59.6 Å². The van der Waals surface area contributed by atoms with Crippen molar-refractivity contribution >= 4 is 11.4 Å². The third-order valence-corrected chi connectivity index (χ3v) is 1.86. The molecule has 0 N–H and O–H groups in total. The Morgan fingerprint density at radius 1 is 0.923 bits per heavy atom. The van der Waals surface area contributed by atoms with Crippen LogP contribution in [0.3, 0.4) is 0 Å². The van der Waals surface area contributed by atoms with Crippen molar-refractivity contribution in [3.05, 3.63) is 54.6 Å². The van der Waals surface area contributed by atoms with Crippen LogP contribution >= 0.6 is 0 Å². The first-order valence-corrected chi connectivity index (χ1v) is 4.42. The molecular formula is C12H11N. The Morgan fingerprint density at radius 2 is 1.62 bits per heavy atom. The summed E-state index contributed by atoms with van der Waals surface area (Å²) >= 11 is 0. The molecule has 0 atom stereocenters. The zero-order valence-electron chi connectivity index (χ0n) is 7.35. The van der Waals surface area contributed by atoms with Crippen LogP contribution in [0, 0.1) is 0 Å². The van der Waals surface area contributed by atoms with E-state index in [2.05, 4.69) is 17.1 Å². The highest BCUT2D eigenvalue weighted by Gasteiger charge is 1.92. The van der Waals surface area contributed by atoms with Crippen molar-refractivity contribution in [1.29, 1.82) is 0 Å². The van der Waals surface area contributed by atoms with Crippen molar-refractivity contribution in [2.75, 3.05) is 0 Å². The number of hydrogen-bond donors (Lipinski definition) is 0. The predicted molar refractivity (Wildman–Crippen MR) is 56.4 cm³/mol. The molecule has 1 aliphatic carbocycles. The molecule has 0 aliphatic heterocycles. The van der Waals surface area contributed by atoms with Gasteiger partial charge in [0.05, 0.1) is 11.4 Å². The first-order chi connectivity index (χ1) is 6.45. The quantitative estimate of drug-likeness (QED) is 0.611. The van der Waals surface area contributed by atoms with E-state index < -0.39 is 0 Å². The van der Waals surface area contributed by atoms with Gasteiger partial charge >= 0.3 is 0 Å². The van der Waals surface area contributed by atoms with Crippen LogP contribution in [0.25, 0.3) is 0 Å². The molecule has 0 saturated carbocycles. The minimum atomic E-state index is 1.01. The number of allylic oxidation sites excluding steroid dienone is 4. The molecule has 0 aromatic heterocycles. The zero-order chi connectivity index (χ0) is 8.93. The van der Waals surface area contributed by atoms with Crippen molar-refractivity contribution < 1.29 is 0 Å². The van der Waals surface area contributed by atoms with E-state index in [1.807, 2.05) is 42.5 Å². The standard InChI is InChI=1S/C12H11N/c1-3-7-11(8-4-1)13-12-9-5-2-6-10-12/h1,3-10H,2H2. The molecule has 0 amide bonds. The Bertz CT molecular complexity index is 344. The lowest BCUT2D eigenvalue weighted by molar-refractivity contribution is 1.38. The molecule has 0 unspecified atom stereocenters. The maximum atomic E-state index is 4.46. The minimum Gasteiger partial charge on any atom is -0.249 e. The number of aliphatic imine (C=N–C) groups is 1. The Labute approximate surface area is 78.1 Å². The van der Waals surface area contributed by atoms with Crippen LogP contribution in [0.2, 0.25) is 0 Å². The van der Waals surface area contributed by atoms with Gasteiger partial charge in [0.1, 0.15) is 0 Å². The molecule has 13 heavy (non-hydrogen) atoms. The van der Waals surface area contributed by atoms with Gasteiger partial charge < -0.3 is 0 Å². The highest BCUT2D eigenvalue weighted by Crippen LogP contribution is 2.12. The first kappa shape index (κ1) is 7.99. The average molecular weight is 169 g/mol. The van der Waals surface area contributed by atoms with E-state index in [-0.39, 0.29) is 0 Å². The second kappa shape index (κ2) is 3.85. The van der Waals surface area contributed by atoms with Gasteiger partial charge in [0.25, 0.3) is 0 Å². The molecule has 1 heteroatoms. The Balaban J connectivity index is 2.25. The maximum absolute atomic E-state index is 4.46. The summed E-state index contributed by atoms with van der Waals surface area (Å²) in [6, 6.07) is 9.99. The highest BCUT2D eigenvalue weighted by molar-refractivity contribution is 6.06.